The van der Waals surface area contributed by atoms with E-state index >= 15 is 0 Å². The third-order valence-corrected chi connectivity index (χ3v) is 4.48. The molecule has 0 bridgehead atoms. The highest BCUT2D eigenvalue weighted by Crippen LogP contribution is 2.29. The lowest BCUT2D eigenvalue weighted by atomic mass is 10.2. The molecule has 8 heteroatoms. The fourth-order valence-electron chi connectivity index (χ4n) is 1.61. The molecular weight excluding hydrogens is 318 g/mol. The minimum absolute atomic E-state index is 0.0339. The van der Waals surface area contributed by atoms with Crippen LogP contribution in [-0.4, -0.2) is 24.6 Å². The Labute approximate surface area is 125 Å². The Bertz CT molecular complexity index is 804. The van der Waals surface area contributed by atoms with Crippen LogP contribution in [0.2, 0.25) is 5.02 Å². The number of aromatic hydroxyl groups is 1. The second-order valence-electron chi connectivity index (χ2n) is 4.07. The monoisotopic (exact) mass is 327 g/mol. The quantitative estimate of drug-likeness (QED) is 0.749. The molecule has 2 rings (SSSR count). The number of hydrogen-bond acceptors (Lipinski definition) is 4. The van der Waals surface area contributed by atoms with Crippen LogP contribution in [0, 0.1) is 0 Å². The van der Waals surface area contributed by atoms with Crippen molar-refractivity contribution < 1.29 is 23.4 Å². The Morgan fingerprint density at radius 3 is 2.38 bits per heavy atom. The molecule has 0 aromatic heterocycles. The first-order chi connectivity index (χ1) is 9.81. The average molecular weight is 328 g/mol. The third-order valence-electron chi connectivity index (χ3n) is 2.62. The summed E-state index contributed by atoms with van der Waals surface area (Å²) in [5, 5.41) is 18.5. The van der Waals surface area contributed by atoms with E-state index in [1.165, 1.54) is 24.3 Å². The highest BCUT2D eigenvalue weighted by Gasteiger charge is 2.19. The van der Waals surface area contributed by atoms with Gasteiger partial charge < -0.3 is 10.2 Å². The van der Waals surface area contributed by atoms with Crippen molar-refractivity contribution in [3.05, 3.63) is 53.1 Å². The molecule has 0 saturated heterocycles. The van der Waals surface area contributed by atoms with Gasteiger partial charge in [-0.05, 0) is 30.3 Å². The number of hydrogen-bond donors (Lipinski definition) is 3. The number of aromatic carboxylic acids is 1. The number of phenols is 1. The molecule has 3 N–H and O–H groups in total. The van der Waals surface area contributed by atoms with Gasteiger partial charge in [0.25, 0.3) is 10.0 Å². The summed E-state index contributed by atoms with van der Waals surface area (Å²) >= 11 is 5.82. The number of carbonyl (C=O) groups is 1. The van der Waals surface area contributed by atoms with Gasteiger partial charge in [-0.3, -0.25) is 4.72 Å². The third kappa shape index (κ3) is 3.26. The van der Waals surface area contributed by atoms with Gasteiger partial charge in [-0.25, -0.2) is 13.2 Å². The van der Waals surface area contributed by atoms with E-state index in [0.29, 0.717) is 0 Å². The lowest BCUT2D eigenvalue weighted by molar-refractivity contribution is 0.0696. The molecule has 0 heterocycles. The molecule has 0 aliphatic rings. The first-order valence-corrected chi connectivity index (χ1v) is 7.51. The molecular formula is C13H10ClNO5S. The van der Waals surface area contributed by atoms with Gasteiger partial charge in [0, 0.05) is 0 Å². The van der Waals surface area contributed by atoms with Gasteiger partial charge in [0.2, 0.25) is 0 Å². The number of anilines is 1. The summed E-state index contributed by atoms with van der Waals surface area (Å²) in [6.45, 7) is 0. The summed E-state index contributed by atoms with van der Waals surface area (Å²) < 4.78 is 26.5. The molecule has 0 amide bonds. The minimum Gasteiger partial charge on any atom is -0.506 e. The molecule has 2 aromatic carbocycles. The Morgan fingerprint density at radius 1 is 1.14 bits per heavy atom. The minimum atomic E-state index is -3.99. The largest absolute Gasteiger partial charge is 0.506 e. The Hall–Kier alpha value is -2.25. The van der Waals surface area contributed by atoms with Crippen molar-refractivity contribution >= 4 is 33.3 Å². The van der Waals surface area contributed by atoms with Crippen LogP contribution < -0.4 is 4.72 Å². The number of phenolic OH excluding ortho intramolecular Hbond substituents is 1. The lowest BCUT2D eigenvalue weighted by Crippen LogP contribution is -2.13. The van der Waals surface area contributed by atoms with E-state index in [9.17, 15) is 18.3 Å². The fourth-order valence-corrected chi connectivity index (χ4v) is 3.21. The van der Waals surface area contributed by atoms with Crippen LogP contribution in [0.5, 0.6) is 5.75 Å². The van der Waals surface area contributed by atoms with Crippen molar-refractivity contribution in [2.75, 3.05) is 4.72 Å². The van der Waals surface area contributed by atoms with Crippen molar-refractivity contribution in [1.29, 1.82) is 0 Å². The molecule has 0 saturated carbocycles. The molecule has 0 fully saturated rings. The van der Waals surface area contributed by atoms with E-state index < -0.39 is 21.7 Å². The van der Waals surface area contributed by atoms with Crippen molar-refractivity contribution in [3.8, 4) is 5.75 Å². The first kappa shape index (κ1) is 15.1. The Morgan fingerprint density at radius 2 is 1.81 bits per heavy atom. The van der Waals surface area contributed by atoms with Gasteiger partial charge in [-0.15, -0.1) is 0 Å². The van der Waals surface area contributed by atoms with Crippen LogP contribution in [0.1, 0.15) is 10.4 Å². The molecule has 2 aromatic rings. The number of carboxylic acid groups (broad SMARTS) is 1. The number of sulfonamides is 1. The van der Waals surface area contributed by atoms with E-state index in [1.54, 1.807) is 6.07 Å². The van der Waals surface area contributed by atoms with E-state index in [0.717, 1.165) is 12.1 Å². The van der Waals surface area contributed by atoms with Crippen molar-refractivity contribution in [3.63, 3.8) is 0 Å². The normalized spacial score (nSPS) is 11.1. The number of nitrogens with one attached hydrogen (secondary N) is 1. The van der Waals surface area contributed by atoms with Gasteiger partial charge in [-0.2, -0.15) is 0 Å². The molecule has 0 unspecified atom stereocenters. The predicted molar refractivity (Wildman–Crippen MR) is 77.3 cm³/mol. The molecule has 21 heavy (non-hydrogen) atoms. The van der Waals surface area contributed by atoms with Crippen LogP contribution >= 0.6 is 11.6 Å². The van der Waals surface area contributed by atoms with E-state index in [1.807, 2.05) is 0 Å². The van der Waals surface area contributed by atoms with Gasteiger partial charge >= 0.3 is 5.97 Å². The van der Waals surface area contributed by atoms with Crippen LogP contribution in [0.3, 0.4) is 0 Å². The zero-order valence-electron chi connectivity index (χ0n) is 10.4. The number of benzene rings is 2. The zero-order valence-corrected chi connectivity index (χ0v) is 12.0. The molecule has 0 aliphatic carbocycles. The smallest absolute Gasteiger partial charge is 0.335 e. The van der Waals surface area contributed by atoms with Gasteiger partial charge in [-0.1, -0.05) is 23.7 Å². The number of rotatable bonds is 4. The fraction of sp³-hybridized carbons (Fsp3) is 0. The summed E-state index contributed by atoms with van der Waals surface area (Å²) in [5.74, 6) is -1.73. The second-order valence-corrected chi connectivity index (χ2v) is 6.13. The van der Waals surface area contributed by atoms with Gasteiger partial charge in [0.1, 0.15) is 10.6 Å². The van der Waals surface area contributed by atoms with Crippen LogP contribution in [-0.2, 0) is 10.0 Å². The number of halogens is 1. The summed E-state index contributed by atoms with van der Waals surface area (Å²) in [6, 6.07) is 9.11. The molecule has 0 atom stereocenters. The van der Waals surface area contributed by atoms with Crippen LogP contribution in [0.25, 0.3) is 0 Å². The topological polar surface area (TPSA) is 104 Å². The Balaban J connectivity index is 2.38. The highest BCUT2D eigenvalue weighted by atomic mass is 35.5. The summed E-state index contributed by atoms with van der Waals surface area (Å²) in [5.41, 5.74) is -0.298. The number of carboxylic acids is 1. The van der Waals surface area contributed by atoms with Crippen molar-refractivity contribution in [2.24, 2.45) is 0 Å². The molecule has 6 nitrogen and oxygen atoms in total. The summed E-state index contributed by atoms with van der Waals surface area (Å²) in [7, 11) is -3.99. The molecule has 0 spiro atoms. The van der Waals surface area contributed by atoms with Crippen LogP contribution in [0.4, 0.5) is 5.69 Å². The Kier molecular flexibility index (Phi) is 4.06. The maximum absolute atomic E-state index is 12.2. The summed E-state index contributed by atoms with van der Waals surface area (Å²) in [4.78, 5) is 10.6. The lowest BCUT2D eigenvalue weighted by Gasteiger charge is -2.11. The predicted octanol–water partition coefficient (Wildman–Crippen LogP) is 2.54. The first-order valence-electron chi connectivity index (χ1n) is 5.65. The maximum Gasteiger partial charge on any atom is 0.335 e. The molecule has 0 radical (unpaired) electrons. The van der Waals surface area contributed by atoms with Crippen LogP contribution in [0.15, 0.2) is 47.4 Å². The van der Waals surface area contributed by atoms with E-state index in [4.69, 9.17) is 16.7 Å². The second kappa shape index (κ2) is 5.63. The van der Waals surface area contributed by atoms with E-state index in [-0.39, 0.29) is 21.2 Å². The van der Waals surface area contributed by atoms with Crippen molar-refractivity contribution in [1.82, 2.24) is 0 Å². The highest BCUT2D eigenvalue weighted by molar-refractivity contribution is 7.92. The van der Waals surface area contributed by atoms with Gasteiger partial charge in [0.15, 0.2) is 0 Å². The SMILES string of the molecule is O=C(O)c1ccc(NS(=O)(=O)c2ccccc2Cl)c(O)c1. The van der Waals surface area contributed by atoms with Gasteiger partial charge in [0.05, 0.1) is 16.3 Å². The standard InChI is InChI=1S/C13H10ClNO5S/c14-9-3-1-2-4-12(9)21(19,20)15-10-6-5-8(13(17)18)7-11(10)16/h1-7,15-16H,(H,17,18). The average Bonchev–Trinajstić information content (AvgIpc) is 2.41. The molecule has 0 aliphatic heterocycles. The maximum atomic E-state index is 12.2. The van der Waals surface area contributed by atoms with E-state index in [2.05, 4.69) is 4.72 Å². The molecule has 110 valence electrons. The summed E-state index contributed by atoms with van der Waals surface area (Å²) in [6.07, 6.45) is 0. The van der Waals surface area contributed by atoms with Crippen molar-refractivity contribution in [2.45, 2.75) is 4.90 Å². The zero-order chi connectivity index (χ0) is 15.6.